The fraction of sp³-hybridized carbons (Fsp3) is 0.571. The van der Waals surface area contributed by atoms with Crippen molar-refractivity contribution in [3.63, 3.8) is 0 Å². The fourth-order valence-electron chi connectivity index (χ4n) is 5.10. The number of ether oxygens (including phenoxy) is 7. The number of hydrogen-bond acceptors (Lipinski definition) is 11. The van der Waals surface area contributed by atoms with Crippen LogP contribution in [0.15, 0.2) is 70.9 Å². The van der Waals surface area contributed by atoms with E-state index >= 15 is 0 Å². The van der Waals surface area contributed by atoms with Crippen LogP contribution in [-0.4, -0.2) is 98.9 Å². The first kappa shape index (κ1) is 32.6. The zero-order valence-electron chi connectivity index (χ0n) is 23.8. The number of rotatable bonds is 14. The Labute approximate surface area is 248 Å². The number of benzene rings is 2. The monoisotopic (exact) mass is 600 g/mol. The average Bonchev–Trinajstić information content (AvgIpc) is 3.03. The van der Waals surface area contributed by atoms with Gasteiger partial charge in [0.25, 0.3) is 0 Å². The third-order valence-electron chi connectivity index (χ3n) is 7.23. The maximum absolute atomic E-state index is 11.3. The van der Waals surface area contributed by atoms with Crippen molar-refractivity contribution in [2.75, 3.05) is 27.4 Å². The molecule has 0 aromatic heterocycles. The molecule has 4 rings (SSSR count). The molecule has 0 bridgehead atoms. The minimum Gasteiger partial charge on any atom is -0.390 e. The molecule has 2 saturated heterocycles. The molecule has 0 saturated carbocycles. The highest BCUT2D eigenvalue weighted by Gasteiger charge is 2.51. The van der Waals surface area contributed by atoms with Crippen molar-refractivity contribution in [1.29, 1.82) is 0 Å². The summed E-state index contributed by atoms with van der Waals surface area (Å²) in [7, 11) is 2.74. The highest BCUT2D eigenvalue weighted by atomic mass is 16.7. The first-order valence-electron chi connectivity index (χ1n) is 13.7. The standard InChI is InChI=1S/C28H36N6O9/c1-37-25-19(15-39-13-17-9-5-3-6-10-17)42-28(22(23(25)35)32-34-30)43-26-20(16-40-14-18-11-7-4-8-12-18)41-27(38-2)21(24(26)36)31-33-29/h3-12,19-28,35-36H,13-16H2,1-2H3/t19-,20-,21-,22-,23-,24-,25+,26+,27+,28-/m1/s1. The lowest BCUT2D eigenvalue weighted by Gasteiger charge is -2.47. The van der Waals surface area contributed by atoms with Gasteiger partial charge in [0, 0.05) is 24.0 Å². The zero-order valence-corrected chi connectivity index (χ0v) is 23.8. The third kappa shape index (κ3) is 8.42. The lowest BCUT2D eigenvalue weighted by atomic mass is 9.95. The number of methoxy groups -OCH3 is 2. The van der Waals surface area contributed by atoms with Gasteiger partial charge in [-0.1, -0.05) is 70.9 Å². The predicted octanol–water partition coefficient (Wildman–Crippen LogP) is 3.00. The van der Waals surface area contributed by atoms with Crippen molar-refractivity contribution < 1.29 is 43.4 Å². The highest BCUT2D eigenvalue weighted by Crippen LogP contribution is 2.33. The Bertz CT molecular complexity index is 1220. The molecule has 15 nitrogen and oxygen atoms in total. The van der Waals surface area contributed by atoms with Crippen LogP contribution in [0, 0.1) is 0 Å². The first-order chi connectivity index (χ1) is 21.0. The molecule has 2 aromatic rings. The molecule has 15 heteroatoms. The smallest absolute Gasteiger partial charge is 0.169 e. The van der Waals surface area contributed by atoms with E-state index in [2.05, 4.69) is 20.1 Å². The summed E-state index contributed by atoms with van der Waals surface area (Å²) in [5, 5.41) is 29.8. The molecule has 43 heavy (non-hydrogen) atoms. The molecule has 0 radical (unpaired) electrons. The summed E-state index contributed by atoms with van der Waals surface area (Å²) >= 11 is 0. The predicted molar refractivity (Wildman–Crippen MR) is 150 cm³/mol. The van der Waals surface area contributed by atoms with E-state index in [0.717, 1.165) is 11.1 Å². The second kappa shape index (κ2) is 16.5. The van der Waals surface area contributed by atoms with Crippen molar-refractivity contribution in [1.82, 2.24) is 0 Å². The normalized spacial score (nSPS) is 32.4. The van der Waals surface area contributed by atoms with Crippen molar-refractivity contribution in [3.05, 3.63) is 92.7 Å². The minimum absolute atomic E-state index is 0.00768. The Morgan fingerprint density at radius 3 is 1.65 bits per heavy atom. The van der Waals surface area contributed by atoms with Gasteiger partial charge >= 0.3 is 0 Å². The van der Waals surface area contributed by atoms with Crippen LogP contribution >= 0.6 is 0 Å². The van der Waals surface area contributed by atoms with Gasteiger partial charge < -0.3 is 43.4 Å². The number of hydrogen-bond donors (Lipinski definition) is 2. The van der Waals surface area contributed by atoms with E-state index in [1.807, 2.05) is 60.7 Å². The summed E-state index contributed by atoms with van der Waals surface area (Å²) in [6.07, 6.45) is -9.16. The number of aliphatic hydroxyl groups is 2. The molecule has 0 aliphatic carbocycles. The van der Waals surface area contributed by atoms with Crippen LogP contribution < -0.4 is 0 Å². The SMILES string of the molecule is CO[C@H]1O[C@H](COCc2ccccc2)[C@H](O[C@H]2O[C@H](COCc3ccccc3)[C@H](OC)[C@H](O)[C@H]2N=[N+]=[N-])[C@H](O)[C@H]1N=[N+]=[N-]. The minimum atomic E-state index is -1.44. The van der Waals surface area contributed by atoms with Gasteiger partial charge in [-0.3, -0.25) is 0 Å². The van der Waals surface area contributed by atoms with Crippen molar-refractivity contribution >= 4 is 0 Å². The molecule has 2 fully saturated rings. The first-order valence-corrected chi connectivity index (χ1v) is 13.7. The molecule has 2 aliphatic rings. The van der Waals surface area contributed by atoms with Gasteiger partial charge in [-0.25, -0.2) is 0 Å². The Balaban J connectivity index is 1.53. The van der Waals surface area contributed by atoms with Gasteiger partial charge in [0.05, 0.1) is 38.6 Å². The molecule has 2 aromatic carbocycles. The number of azide groups is 2. The summed E-state index contributed by atoms with van der Waals surface area (Å²) in [6, 6.07) is 16.5. The van der Waals surface area contributed by atoms with E-state index in [1.54, 1.807) is 0 Å². The molecule has 232 valence electrons. The Morgan fingerprint density at radius 1 is 0.698 bits per heavy atom. The van der Waals surface area contributed by atoms with Crippen molar-refractivity contribution in [2.45, 2.75) is 74.5 Å². The fourth-order valence-corrected chi connectivity index (χ4v) is 5.10. The van der Waals surface area contributed by atoms with Crippen molar-refractivity contribution in [2.24, 2.45) is 10.2 Å². The summed E-state index contributed by atoms with van der Waals surface area (Å²) < 4.78 is 40.9. The largest absolute Gasteiger partial charge is 0.390 e. The van der Waals surface area contributed by atoms with E-state index in [4.69, 9.17) is 38.7 Å². The molecule has 2 heterocycles. The van der Waals surface area contributed by atoms with Crippen LogP contribution in [-0.2, 0) is 46.4 Å². The molecule has 0 unspecified atom stereocenters. The Kier molecular flexibility index (Phi) is 12.5. The van der Waals surface area contributed by atoms with Gasteiger partial charge in [-0.05, 0) is 22.2 Å². The van der Waals surface area contributed by atoms with Gasteiger partial charge in [-0.2, -0.15) is 0 Å². The second-order valence-electron chi connectivity index (χ2n) is 10.00. The van der Waals surface area contributed by atoms with Crippen LogP contribution in [0.5, 0.6) is 0 Å². The van der Waals surface area contributed by atoms with Crippen LogP contribution in [0.1, 0.15) is 11.1 Å². The molecule has 0 amide bonds. The lowest BCUT2D eigenvalue weighted by Crippen LogP contribution is -2.64. The molecule has 10 atom stereocenters. The molecular weight excluding hydrogens is 564 g/mol. The number of aliphatic hydroxyl groups excluding tert-OH is 2. The zero-order chi connectivity index (χ0) is 30.6. The Morgan fingerprint density at radius 2 is 1.16 bits per heavy atom. The Hall–Kier alpha value is -3.30. The third-order valence-corrected chi connectivity index (χ3v) is 7.23. The van der Waals surface area contributed by atoms with Gasteiger partial charge in [0.15, 0.2) is 12.6 Å². The average molecular weight is 601 g/mol. The van der Waals surface area contributed by atoms with E-state index in [9.17, 15) is 15.7 Å². The lowest BCUT2D eigenvalue weighted by molar-refractivity contribution is -0.329. The van der Waals surface area contributed by atoms with Gasteiger partial charge in [0.2, 0.25) is 0 Å². The van der Waals surface area contributed by atoms with Crippen LogP contribution in [0.4, 0.5) is 0 Å². The quantitative estimate of drug-likeness (QED) is 0.186. The summed E-state index contributed by atoms with van der Waals surface area (Å²) in [5.74, 6) is 0. The van der Waals surface area contributed by atoms with Crippen molar-refractivity contribution in [3.8, 4) is 0 Å². The van der Waals surface area contributed by atoms with Crippen LogP contribution in [0.3, 0.4) is 0 Å². The number of nitrogens with zero attached hydrogens (tertiary/aromatic N) is 6. The van der Waals surface area contributed by atoms with Gasteiger partial charge in [-0.15, -0.1) is 0 Å². The van der Waals surface area contributed by atoms with E-state index in [-0.39, 0.29) is 26.4 Å². The van der Waals surface area contributed by atoms with Crippen LogP contribution in [0.2, 0.25) is 0 Å². The van der Waals surface area contributed by atoms with E-state index < -0.39 is 61.3 Å². The van der Waals surface area contributed by atoms with E-state index in [0.29, 0.717) is 0 Å². The topological polar surface area (TPSA) is 203 Å². The summed E-state index contributed by atoms with van der Waals surface area (Å²) in [6.45, 7) is 0.483. The molecule has 2 N–H and O–H groups in total. The summed E-state index contributed by atoms with van der Waals surface area (Å²) in [5.41, 5.74) is 20.2. The maximum Gasteiger partial charge on any atom is 0.169 e. The molecular formula is C28H36N6O9. The second-order valence-corrected chi connectivity index (χ2v) is 10.00. The van der Waals surface area contributed by atoms with Crippen LogP contribution in [0.25, 0.3) is 20.9 Å². The van der Waals surface area contributed by atoms with E-state index in [1.165, 1.54) is 14.2 Å². The van der Waals surface area contributed by atoms with Gasteiger partial charge in [0.1, 0.15) is 36.5 Å². The highest BCUT2D eigenvalue weighted by molar-refractivity contribution is 5.14. The summed E-state index contributed by atoms with van der Waals surface area (Å²) in [4.78, 5) is 5.66. The molecule has 2 aliphatic heterocycles. The maximum atomic E-state index is 11.3. The molecule has 0 spiro atoms.